The lowest BCUT2D eigenvalue weighted by Gasteiger charge is -2.35. The van der Waals surface area contributed by atoms with Crippen LogP contribution in [0.15, 0.2) is 6.07 Å². The van der Waals surface area contributed by atoms with E-state index in [2.05, 4.69) is 27.9 Å². The van der Waals surface area contributed by atoms with Gasteiger partial charge in [0, 0.05) is 37.6 Å². The molecule has 1 saturated heterocycles. The second-order valence-electron chi connectivity index (χ2n) is 4.90. The first-order chi connectivity index (χ1) is 8.49. The van der Waals surface area contributed by atoms with E-state index in [4.69, 9.17) is 18.0 Å². The summed E-state index contributed by atoms with van der Waals surface area (Å²) in [7, 11) is 2.15. The Balaban J connectivity index is 2.39. The van der Waals surface area contributed by atoms with Crippen LogP contribution in [0, 0.1) is 13.8 Å². The minimum Gasteiger partial charge on any atom is -0.389 e. The molecule has 1 aliphatic rings. The average molecular weight is 264 g/mol. The smallest absolute Gasteiger partial charge is 0.107 e. The molecule has 0 bridgehead atoms. The van der Waals surface area contributed by atoms with Gasteiger partial charge in [-0.05, 0) is 27.0 Å². The quantitative estimate of drug-likeness (QED) is 0.810. The standard InChI is InChI=1S/C13H20N4S/c1-9-8-11(12(13(14)18)10(2)15-9)17-6-4-16(3)5-7-17/h8H,4-7H2,1-3H3,(H2,14,18). The first-order valence-electron chi connectivity index (χ1n) is 6.20. The highest BCUT2D eigenvalue weighted by Crippen LogP contribution is 2.25. The fourth-order valence-electron chi connectivity index (χ4n) is 2.41. The van der Waals surface area contributed by atoms with Crippen LogP contribution in [0.3, 0.4) is 0 Å². The number of likely N-dealkylation sites (N-methyl/N-ethyl adjacent to an activating group) is 1. The van der Waals surface area contributed by atoms with Crippen LogP contribution in [-0.2, 0) is 0 Å². The second-order valence-corrected chi connectivity index (χ2v) is 5.34. The van der Waals surface area contributed by atoms with Crippen LogP contribution in [0.2, 0.25) is 0 Å². The van der Waals surface area contributed by atoms with Gasteiger partial charge in [0.2, 0.25) is 0 Å². The van der Waals surface area contributed by atoms with Gasteiger partial charge in [0.15, 0.2) is 0 Å². The minimum atomic E-state index is 0.439. The Morgan fingerprint density at radius 2 is 1.89 bits per heavy atom. The summed E-state index contributed by atoms with van der Waals surface area (Å²) < 4.78 is 0. The van der Waals surface area contributed by atoms with E-state index in [1.807, 2.05) is 13.8 Å². The molecule has 0 unspecified atom stereocenters. The van der Waals surface area contributed by atoms with E-state index in [0.717, 1.165) is 48.8 Å². The van der Waals surface area contributed by atoms with Gasteiger partial charge >= 0.3 is 0 Å². The molecular formula is C13H20N4S. The summed E-state index contributed by atoms with van der Waals surface area (Å²) in [4.78, 5) is 9.59. The lowest BCUT2D eigenvalue weighted by molar-refractivity contribution is 0.313. The zero-order valence-corrected chi connectivity index (χ0v) is 12.0. The summed E-state index contributed by atoms with van der Waals surface area (Å²) in [6.45, 7) is 8.13. The molecular weight excluding hydrogens is 244 g/mol. The van der Waals surface area contributed by atoms with E-state index in [0.29, 0.717) is 4.99 Å². The van der Waals surface area contributed by atoms with E-state index in [1.165, 1.54) is 0 Å². The molecule has 1 aliphatic heterocycles. The third-order valence-electron chi connectivity index (χ3n) is 3.40. The molecule has 1 aromatic heterocycles. The largest absolute Gasteiger partial charge is 0.389 e. The first kappa shape index (κ1) is 13.2. The molecule has 0 amide bonds. The van der Waals surface area contributed by atoms with Gasteiger partial charge in [0.25, 0.3) is 0 Å². The summed E-state index contributed by atoms with van der Waals surface area (Å²) in [6, 6.07) is 2.09. The summed E-state index contributed by atoms with van der Waals surface area (Å²) in [6.07, 6.45) is 0. The molecule has 2 N–H and O–H groups in total. The fraction of sp³-hybridized carbons (Fsp3) is 0.538. The Morgan fingerprint density at radius 1 is 1.28 bits per heavy atom. The number of thiocarbonyl (C=S) groups is 1. The monoisotopic (exact) mass is 264 g/mol. The van der Waals surface area contributed by atoms with Gasteiger partial charge < -0.3 is 15.5 Å². The number of piperazine rings is 1. The maximum atomic E-state index is 5.85. The van der Waals surface area contributed by atoms with E-state index in [1.54, 1.807) is 0 Å². The molecule has 0 spiro atoms. The van der Waals surface area contributed by atoms with E-state index < -0.39 is 0 Å². The van der Waals surface area contributed by atoms with Crippen LogP contribution in [0.5, 0.6) is 0 Å². The number of pyridine rings is 1. The predicted molar refractivity (Wildman–Crippen MR) is 79.3 cm³/mol. The van der Waals surface area contributed by atoms with Crippen LogP contribution >= 0.6 is 12.2 Å². The van der Waals surface area contributed by atoms with Gasteiger partial charge in [-0.3, -0.25) is 4.98 Å². The fourth-order valence-corrected chi connectivity index (χ4v) is 2.66. The summed E-state index contributed by atoms with van der Waals surface area (Å²) in [5.74, 6) is 0. The second kappa shape index (κ2) is 5.20. The van der Waals surface area contributed by atoms with Crippen molar-refractivity contribution in [1.82, 2.24) is 9.88 Å². The highest BCUT2D eigenvalue weighted by atomic mass is 32.1. The number of nitrogens with two attached hydrogens (primary N) is 1. The molecule has 2 rings (SSSR count). The van der Waals surface area contributed by atoms with Crippen molar-refractivity contribution in [2.45, 2.75) is 13.8 Å². The SMILES string of the molecule is Cc1cc(N2CCN(C)CC2)c(C(N)=S)c(C)n1. The molecule has 4 nitrogen and oxygen atoms in total. The van der Waals surface area contributed by atoms with Crippen molar-refractivity contribution in [3.8, 4) is 0 Å². The topological polar surface area (TPSA) is 45.4 Å². The number of nitrogens with zero attached hydrogens (tertiary/aromatic N) is 3. The molecule has 1 fully saturated rings. The molecule has 18 heavy (non-hydrogen) atoms. The van der Waals surface area contributed by atoms with Crippen molar-refractivity contribution < 1.29 is 0 Å². The Bertz CT molecular complexity index is 464. The van der Waals surface area contributed by atoms with Gasteiger partial charge in [-0.25, -0.2) is 0 Å². The van der Waals surface area contributed by atoms with Gasteiger partial charge in [0.05, 0.1) is 11.3 Å². The zero-order chi connectivity index (χ0) is 13.3. The van der Waals surface area contributed by atoms with E-state index in [9.17, 15) is 0 Å². The minimum absolute atomic E-state index is 0.439. The van der Waals surface area contributed by atoms with E-state index in [-0.39, 0.29) is 0 Å². The van der Waals surface area contributed by atoms with Crippen molar-refractivity contribution in [1.29, 1.82) is 0 Å². The highest BCUT2D eigenvalue weighted by molar-refractivity contribution is 7.80. The molecule has 0 radical (unpaired) electrons. The van der Waals surface area contributed by atoms with Crippen molar-refractivity contribution in [3.63, 3.8) is 0 Å². The molecule has 1 aromatic rings. The summed E-state index contributed by atoms with van der Waals surface area (Å²) in [5, 5.41) is 0. The van der Waals surface area contributed by atoms with Crippen LogP contribution in [0.25, 0.3) is 0 Å². The van der Waals surface area contributed by atoms with Crippen LogP contribution in [0.4, 0.5) is 5.69 Å². The highest BCUT2D eigenvalue weighted by Gasteiger charge is 2.20. The number of aromatic nitrogens is 1. The van der Waals surface area contributed by atoms with Crippen LogP contribution in [0.1, 0.15) is 17.0 Å². The molecule has 2 heterocycles. The van der Waals surface area contributed by atoms with Crippen molar-refractivity contribution in [2.24, 2.45) is 5.73 Å². The Morgan fingerprint density at radius 3 is 2.44 bits per heavy atom. The Labute approximate surface area is 114 Å². The van der Waals surface area contributed by atoms with Gasteiger partial charge in [-0.15, -0.1) is 0 Å². The maximum absolute atomic E-state index is 5.85. The third-order valence-corrected chi connectivity index (χ3v) is 3.60. The number of hydrogen-bond donors (Lipinski definition) is 1. The Hall–Kier alpha value is -1.20. The molecule has 0 aromatic carbocycles. The van der Waals surface area contributed by atoms with Crippen molar-refractivity contribution in [3.05, 3.63) is 23.0 Å². The Kier molecular flexibility index (Phi) is 3.82. The molecule has 0 atom stereocenters. The van der Waals surface area contributed by atoms with Gasteiger partial charge in [0.1, 0.15) is 4.99 Å². The maximum Gasteiger partial charge on any atom is 0.107 e. The van der Waals surface area contributed by atoms with Gasteiger partial charge in [-0.2, -0.15) is 0 Å². The lowest BCUT2D eigenvalue weighted by Crippen LogP contribution is -2.45. The number of anilines is 1. The van der Waals surface area contributed by atoms with Crippen molar-refractivity contribution in [2.75, 3.05) is 38.1 Å². The third kappa shape index (κ3) is 2.62. The van der Waals surface area contributed by atoms with Gasteiger partial charge in [-0.1, -0.05) is 12.2 Å². The summed E-state index contributed by atoms with van der Waals surface area (Å²) >= 11 is 5.17. The van der Waals surface area contributed by atoms with Crippen LogP contribution < -0.4 is 10.6 Å². The summed E-state index contributed by atoms with van der Waals surface area (Å²) in [5.41, 5.74) is 9.87. The lowest BCUT2D eigenvalue weighted by atomic mass is 10.1. The number of aryl methyl sites for hydroxylation is 2. The molecule has 0 saturated carbocycles. The number of hydrogen-bond acceptors (Lipinski definition) is 4. The molecule has 5 heteroatoms. The van der Waals surface area contributed by atoms with Crippen molar-refractivity contribution >= 4 is 22.9 Å². The predicted octanol–water partition coefficient (Wildman–Crippen LogP) is 1.08. The molecule has 98 valence electrons. The average Bonchev–Trinajstić information content (AvgIpc) is 2.28. The normalized spacial score (nSPS) is 16.9. The molecule has 0 aliphatic carbocycles. The number of rotatable bonds is 2. The zero-order valence-electron chi connectivity index (χ0n) is 11.2. The first-order valence-corrected chi connectivity index (χ1v) is 6.61. The van der Waals surface area contributed by atoms with Crippen LogP contribution in [-0.4, -0.2) is 48.1 Å². The van der Waals surface area contributed by atoms with E-state index >= 15 is 0 Å².